The molecule has 1 aromatic heterocycles. The molecule has 3 aromatic rings. The molecule has 1 amide bonds. The number of fused-ring (bicyclic) bond motifs is 2. The molecule has 0 bridgehead atoms. The number of carbonyl (C=O) groups excluding carboxylic acids is 1. The molecule has 216 valence electrons. The third-order valence-corrected chi connectivity index (χ3v) is 10.9. The Bertz CT molecular complexity index is 1690. The number of nitrogens with one attached hydrogen (secondary N) is 2. The number of amides is 1. The van der Waals surface area contributed by atoms with Crippen LogP contribution < -0.4 is 19.7 Å². The Hall–Kier alpha value is -3.78. The predicted molar refractivity (Wildman–Crippen MR) is 159 cm³/mol. The van der Waals surface area contributed by atoms with Crippen molar-refractivity contribution >= 4 is 22.7 Å². The lowest BCUT2D eigenvalue weighted by Gasteiger charge is -2.46. The standard InChI is InChI=1S/C32H33N5O4S/c1-31(2)25-7-3-5-20-16-32(28(27(20)25)36-42(31)40)10-12-37(13-11-32)29-26(19-38)35-22(18-33-29)6-4-14-41-23-8-9-24-21(15-23)17-34-30(24)39/h3,5,7-9,15,18,28,36,38H,10-14,16-17,19H2,1-2H3,(H,34,39)/t28-,42?/m1/s1. The lowest BCUT2D eigenvalue weighted by atomic mass is 9.72. The number of hydrogen-bond acceptors (Lipinski definition) is 7. The second-order valence-corrected chi connectivity index (χ2v) is 13.8. The van der Waals surface area contributed by atoms with Crippen molar-refractivity contribution in [3.05, 3.63) is 81.8 Å². The molecule has 2 atom stereocenters. The van der Waals surface area contributed by atoms with Crippen LogP contribution in [0.15, 0.2) is 42.6 Å². The van der Waals surface area contributed by atoms with Gasteiger partial charge in [0.15, 0.2) is 5.82 Å². The minimum Gasteiger partial charge on any atom is -0.481 e. The van der Waals surface area contributed by atoms with E-state index < -0.39 is 15.7 Å². The number of nitrogens with zero attached hydrogens (tertiary/aromatic N) is 3. The summed E-state index contributed by atoms with van der Waals surface area (Å²) in [4.78, 5) is 23.2. The second-order valence-electron chi connectivity index (χ2n) is 12.0. The maximum absolute atomic E-state index is 13.2. The van der Waals surface area contributed by atoms with E-state index in [1.807, 2.05) is 6.07 Å². The molecule has 3 aliphatic heterocycles. The summed E-state index contributed by atoms with van der Waals surface area (Å²) in [5.41, 5.74) is 6.50. The molecule has 4 heterocycles. The van der Waals surface area contributed by atoms with Gasteiger partial charge in [0.2, 0.25) is 0 Å². The first kappa shape index (κ1) is 27.1. The van der Waals surface area contributed by atoms with Gasteiger partial charge in [-0.1, -0.05) is 24.1 Å². The first-order chi connectivity index (χ1) is 20.3. The molecule has 7 rings (SSSR count). The highest BCUT2D eigenvalue weighted by Crippen LogP contribution is 2.57. The largest absolute Gasteiger partial charge is 0.481 e. The highest BCUT2D eigenvalue weighted by molar-refractivity contribution is 7.84. The first-order valence-corrected chi connectivity index (χ1v) is 15.5. The number of anilines is 1. The van der Waals surface area contributed by atoms with Crippen LogP contribution in [0.4, 0.5) is 5.82 Å². The zero-order chi connectivity index (χ0) is 29.1. The van der Waals surface area contributed by atoms with Gasteiger partial charge in [-0.15, -0.1) is 0 Å². The quantitative estimate of drug-likeness (QED) is 0.405. The summed E-state index contributed by atoms with van der Waals surface area (Å²) in [6.07, 6.45) is 4.47. The van der Waals surface area contributed by atoms with Gasteiger partial charge in [-0.05, 0) is 84.9 Å². The molecule has 3 N–H and O–H groups in total. The minimum atomic E-state index is -1.16. The van der Waals surface area contributed by atoms with Crippen molar-refractivity contribution in [2.24, 2.45) is 5.41 Å². The van der Waals surface area contributed by atoms with E-state index >= 15 is 0 Å². The molecule has 0 saturated carbocycles. The van der Waals surface area contributed by atoms with Gasteiger partial charge in [0.25, 0.3) is 5.91 Å². The number of piperidine rings is 1. The van der Waals surface area contributed by atoms with Crippen molar-refractivity contribution in [1.29, 1.82) is 0 Å². The summed E-state index contributed by atoms with van der Waals surface area (Å²) in [6.45, 7) is 6.11. The van der Waals surface area contributed by atoms with E-state index in [0.717, 1.165) is 37.9 Å². The van der Waals surface area contributed by atoms with E-state index in [1.54, 1.807) is 18.3 Å². The van der Waals surface area contributed by atoms with Crippen LogP contribution in [0.25, 0.3) is 0 Å². The number of rotatable bonds is 4. The van der Waals surface area contributed by atoms with Crippen LogP contribution in [0.2, 0.25) is 0 Å². The second kappa shape index (κ2) is 10.2. The molecule has 1 saturated heterocycles. The summed E-state index contributed by atoms with van der Waals surface area (Å²) >= 11 is 0. The molecule has 42 heavy (non-hydrogen) atoms. The topological polar surface area (TPSA) is 117 Å². The summed E-state index contributed by atoms with van der Waals surface area (Å²) < 4.78 is 22.0. The van der Waals surface area contributed by atoms with Gasteiger partial charge in [-0.2, -0.15) is 0 Å². The number of carbonyl (C=O) groups is 1. The van der Waals surface area contributed by atoms with Crippen LogP contribution in [0, 0.1) is 17.3 Å². The van der Waals surface area contributed by atoms with Crippen molar-refractivity contribution in [3.8, 4) is 17.6 Å². The zero-order valence-corrected chi connectivity index (χ0v) is 24.5. The Morgan fingerprint density at radius 2 is 2.02 bits per heavy atom. The summed E-state index contributed by atoms with van der Waals surface area (Å²) in [6, 6.07) is 11.9. The monoisotopic (exact) mass is 583 g/mol. The van der Waals surface area contributed by atoms with Crippen LogP contribution in [0.5, 0.6) is 5.75 Å². The summed E-state index contributed by atoms with van der Waals surface area (Å²) in [5, 5.41) is 12.9. The Morgan fingerprint density at radius 1 is 1.19 bits per heavy atom. The predicted octanol–water partition coefficient (Wildman–Crippen LogP) is 3.03. The van der Waals surface area contributed by atoms with Gasteiger partial charge in [-0.25, -0.2) is 18.9 Å². The SMILES string of the molecule is CC1(C)c2cccc3c2[C@@H](NS1=O)C1(CCN(c2ncc(C#CCOc4ccc5c(c4)CNC5=O)nc2CO)CC1)C3. The van der Waals surface area contributed by atoms with Crippen LogP contribution in [0.1, 0.15) is 76.7 Å². The van der Waals surface area contributed by atoms with Crippen LogP contribution in [-0.4, -0.2) is 44.9 Å². The van der Waals surface area contributed by atoms with E-state index in [-0.39, 0.29) is 30.6 Å². The highest BCUT2D eigenvalue weighted by atomic mass is 32.2. The lowest BCUT2D eigenvalue weighted by molar-refractivity contribution is 0.0965. The number of aliphatic hydroxyl groups excluding tert-OH is 1. The van der Waals surface area contributed by atoms with E-state index in [2.05, 4.69) is 68.8 Å². The average Bonchev–Trinajstić information content (AvgIpc) is 3.51. The fraction of sp³-hybridized carbons (Fsp3) is 0.406. The van der Waals surface area contributed by atoms with Crippen LogP contribution in [0.3, 0.4) is 0 Å². The number of hydrogen-bond donors (Lipinski definition) is 3. The molecule has 1 spiro atoms. The van der Waals surface area contributed by atoms with Crippen molar-refractivity contribution in [2.75, 3.05) is 24.6 Å². The maximum atomic E-state index is 13.2. The number of aromatic nitrogens is 2. The van der Waals surface area contributed by atoms with Crippen molar-refractivity contribution < 1.29 is 18.8 Å². The van der Waals surface area contributed by atoms with E-state index in [1.165, 1.54) is 16.7 Å². The van der Waals surface area contributed by atoms with Gasteiger partial charge in [-0.3, -0.25) is 4.79 Å². The fourth-order valence-corrected chi connectivity index (χ4v) is 8.24. The van der Waals surface area contributed by atoms with Gasteiger partial charge in [0.1, 0.15) is 34.7 Å². The number of ether oxygens (including phenoxy) is 1. The number of benzene rings is 2. The molecular formula is C32H33N5O4S. The average molecular weight is 584 g/mol. The van der Waals surface area contributed by atoms with Crippen molar-refractivity contribution in [1.82, 2.24) is 20.0 Å². The number of aliphatic hydroxyl groups is 1. The fourth-order valence-electron chi connectivity index (χ4n) is 6.98. The molecule has 1 aliphatic carbocycles. The van der Waals surface area contributed by atoms with Gasteiger partial charge in [0, 0.05) is 25.2 Å². The molecule has 4 aliphatic rings. The molecule has 9 nitrogen and oxygen atoms in total. The molecule has 1 fully saturated rings. The molecule has 1 unspecified atom stereocenters. The Kier molecular flexibility index (Phi) is 6.57. The molecule has 10 heteroatoms. The smallest absolute Gasteiger partial charge is 0.251 e. The van der Waals surface area contributed by atoms with E-state index in [9.17, 15) is 14.1 Å². The van der Waals surface area contributed by atoms with Crippen molar-refractivity contribution in [2.45, 2.75) is 57.1 Å². The summed E-state index contributed by atoms with van der Waals surface area (Å²) in [5.74, 6) is 7.23. The Morgan fingerprint density at radius 3 is 2.83 bits per heavy atom. The third-order valence-electron chi connectivity index (χ3n) is 9.30. The van der Waals surface area contributed by atoms with E-state index in [4.69, 9.17) is 4.74 Å². The molecular weight excluding hydrogens is 550 g/mol. The van der Waals surface area contributed by atoms with Crippen molar-refractivity contribution in [3.63, 3.8) is 0 Å². The minimum absolute atomic E-state index is 0.00416. The highest BCUT2D eigenvalue weighted by Gasteiger charge is 2.54. The van der Waals surface area contributed by atoms with Gasteiger partial charge >= 0.3 is 0 Å². The van der Waals surface area contributed by atoms with Crippen LogP contribution in [-0.2, 0) is 35.3 Å². The van der Waals surface area contributed by atoms with Crippen LogP contribution >= 0.6 is 0 Å². The van der Waals surface area contributed by atoms with E-state index in [0.29, 0.717) is 35.1 Å². The lowest BCUT2D eigenvalue weighted by Crippen LogP contribution is -2.50. The normalized spacial score (nSPS) is 22.6. The Balaban J connectivity index is 1.02. The maximum Gasteiger partial charge on any atom is 0.251 e. The Labute approximate surface area is 247 Å². The molecule has 0 radical (unpaired) electrons. The third kappa shape index (κ3) is 4.39. The van der Waals surface area contributed by atoms with Gasteiger partial charge in [0.05, 0.1) is 23.6 Å². The molecule has 2 aromatic carbocycles. The van der Waals surface area contributed by atoms with Gasteiger partial charge < -0.3 is 20.1 Å². The zero-order valence-electron chi connectivity index (χ0n) is 23.7. The summed E-state index contributed by atoms with van der Waals surface area (Å²) in [7, 11) is -1.16. The first-order valence-electron chi connectivity index (χ1n) is 14.3.